The normalized spacial score (nSPS) is 14.0. The molecule has 0 saturated carbocycles. The lowest BCUT2D eigenvalue weighted by Crippen LogP contribution is -2.27. The van der Waals surface area contributed by atoms with Gasteiger partial charge >= 0.3 is 0 Å². The fourth-order valence-electron chi connectivity index (χ4n) is 4.58. The summed E-state index contributed by atoms with van der Waals surface area (Å²) < 4.78 is 31.8. The molecule has 1 aliphatic heterocycles. The largest absolute Gasteiger partial charge is 0.325 e. The summed E-state index contributed by atoms with van der Waals surface area (Å²) in [5, 5.41) is 5.26. The van der Waals surface area contributed by atoms with Gasteiger partial charge in [-0.1, -0.05) is 11.6 Å². The quantitative estimate of drug-likeness (QED) is 0.148. The molecule has 1 atom stereocenters. The second-order valence-corrected chi connectivity index (χ2v) is 10.7. The van der Waals surface area contributed by atoms with Crippen molar-refractivity contribution in [1.82, 2.24) is 19.1 Å². The maximum absolute atomic E-state index is 14.2. The molecule has 0 saturated heterocycles. The first-order chi connectivity index (χ1) is 16.3. The van der Waals surface area contributed by atoms with Crippen molar-refractivity contribution in [3.63, 3.8) is 0 Å². The number of hydrogen-bond donors (Lipinski definition) is 0. The van der Waals surface area contributed by atoms with E-state index in [0.29, 0.717) is 46.6 Å². The van der Waals surface area contributed by atoms with E-state index in [-0.39, 0.29) is 16.3 Å². The van der Waals surface area contributed by atoms with Crippen LogP contribution in [0.15, 0.2) is 41.5 Å². The summed E-state index contributed by atoms with van der Waals surface area (Å²) in [7, 11) is 1.69. The zero-order chi connectivity index (χ0) is 24.1. The number of halogens is 4. The predicted molar refractivity (Wildman–Crippen MR) is 142 cm³/mol. The molecule has 3 aromatic heterocycles. The number of anilines is 2. The molecule has 4 aromatic rings. The van der Waals surface area contributed by atoms with E-state index in [9.17, 15) is 13.6 Å². The van der Waals surface area contributed by atoms with Crippen LogP contribution < -0.4 is 10.5 Å². The van der Waals surface area contributed by atoms with Crippen LogP contribution in [-0.4, -0.2) is 25.6 Å². The predicted octanol–water partition coefficient (Wildman–Crippen LogP) is 6.57. The Hall–Kier alpha value is -2.10. The molecule has 0 N–H and O–H groups in total. The maximum Gasteiger partial charge on any atom is 0.264 e. The summed E-state index contributed by atoms with van der Waals surface area (Å²) in [6.07, 6.45) is 2.77. The molecular formula is C23H20ClF2IN5OP. The van der Waals surface area contributed by atoms with Crippen molar-refractivity contribution >= 4 is 62.4 Å². The summed E-state index contributed by atoms with van der Waals surface area (Å²) in [6.45, 7) is 2.36. The van der Waals surface area contributed by atoms with Crippen LogP contribution in [0.2, 0.25) is 5.15 Å². The van der Waals surface area contributed by atoms with Gasteiger partial charge in [-0.05, 0) is 71.1 Å². The van der Waals surface area contributed by atoms with Crippen LogP contribution >= 0.6 is 40.0 Å². The number of pyridine rings is 2. The van der Waals surface area contributed by atoms with Gasteiger partial charge in [-0.15, -0.1) is 0 Å². The zero-order valence-corrected chi connectivity index (χ0v) is 22.2. The molecule has 34 heavy (non-hydrogen) atoms. The van der Waals surface area contributed by atoms with Gasteiger partial charge in [0, 0.05) is 53.6 Å². The standard InChI is InChI=1S/C23H20ClF2IN5OP/c1-12-6-17-19(30(2)23(12)33)9-20(24)29-22(17)31-5-3-4-13-7-15(14-10-28-32(11-14)34-27)16(21(25)26)8-18(13)31/h6-11,21,34H,3-5H2,1-2H3. The number of hydrogen-bond acceptors (Lipinski definition) is 4. The van der Waals surface area contributed by atoms with Crippen LogP contribution in [0, 0.1) is 6.92 Å². The molecule has 176 valence electrons. The average molecular weight is 614 g/mol. The average Bonchev–Trinajstić information content (AvgIpc) is 3.31. The first-order valence-corrected chi connectivity index (χ1v) is 15.0. The zero-order valence-electron chi connectivity index (χ0n) is 18.3. The lowest BCUT2D eigenvalue weighted by molar-refractivity contribution is 0.152. The van der Waals surface area contributed by atoms with Gasteiger partial charge in [0.1, 0.15) is 11.0 Å². The number of rotatable bonds is 4. The van der Waals surface area contributed by atoms with Gasteiger partial charge in [-0.25, -0.2) is 18.2 Å². The highest BCUT2D eigenvalue weighted by atomic mass is 127. The van der Waals surface area contributed by atoms with E-state index in [1.807, 2.05) is 11.0 Å². The summed E-state index contributed by atoms with van der Waals surface area (Å²) in [6, 6.07) is 6.88. The van der Waals surface area contributed by atoms with Crippen LogP contribution in [0.5, 0.6) is 0 Å². The van der Waals surface area contributed by atoms with Gasteiger partial charge in [0.15, 0.2) is 0 Å². The van der Waals surface area contributed by atoms with E-state index in [0.717, 1.165) is 23.8 Å². The van der Waals surface area contributed by atoms with Crippen LogP contribution in [0.1, 0.15) is 29.5 Å². The van der Waals surface area contributed by atoms with E-state index in [1.54, 1.807) is 53.6 Å². The van der Waals surface area contributed by atoms with Crippen molar-refractivity contribution in [2.75, 3.05) is 11.4 Å². The molecule has 0 aliphatic carbocycles. The van der Waals surface area contributed by atoms with Crippen LogP contribution in [0.3, 0.4) is 0 Å². The molecule has 0 spiro atoms. The Morgan fingerprint density at radius 3 is 2.74 bits per heavy atom. The Labute approximate surface area is 214 Å². The molecule has 1 aliphatic rings. The third kappa shape index (κ3) is 4.01. The Morgan fingerprint density at radius 2 is 2.03 bits per heavy atom. The Kier molecular flexibility index (Phi) is 6.37. The smallest absolute Gasteiger partial charge is 0.264 e. The van der Waals surface area contributed by atoms with Crippen LogP contribution in [0.4, 0.5) is 20.3 Å². The molecule has 0 amide bonds. The minimum atomic E-state index is -2.65. The maximum atomic E-state index is 14.2. The van der Waals surface area contributed by atoms with Crippen LogP contribution in [0.25, 0.3) is 22.0 Å². The van der Waals surface area contributed by atoms with Gasteiger partial charge in [0.2, 0.25) is 0 Å². The number of fused-ring (bicyclic) bond motifs is 2. The van der Waals surface area contributed by atoms with E-state index in [4.69, 9.17) is 11.6 Å². The summed E-state index contributed by atoms with van der Waals surface area (Å²) >= 11 is 8.56. The van der Waals surface area contributed by atoms with E-state index >= 15 is 0 Å². The second kappa shape index (κ2) is 9.17. The fraction of sp³-hybridized carbons (Fsp3) is 0.261. The highest BCUT2D eigenvalue weighted by Crippen LogP contribution is 2.43. The number of alkyl halides is 2. The summed E-state index contributed by atoms with van der Waals surface area (Å²) in [5.41, 5.74) is 3.90. The lowest BCUT2D eigenvalue weighted by atomic mass is 9.93. The van der Waals surface area contributed by atoms with Gasteiger partial charge in [0.25, 0.3) is 12.0 Å². The minimum absolute atomic E-state index is 0.0445. The van der Waals surface area contributed by atoms with Crippen molar-refractivity contribution < 1.29 is 8.78 Å². The van der Waals surface area contributed by atoms with Gasteiger partial charge in [-0.3, -0.25) is 4.79 Å². The van der Waals surface area contributed by atoms with Crippen molar-refractivity contribution in [3.8, 4) is 11.1 Å². The van der Waals surface area contributed by atoms with E-state index in [2.05, 4.69) is 32.1 Å². The molecular weight excluding hydrogens is 594 g/mol. The highest BCUT2D eigenvalue weighted by Gasteiger charge is 2.27. The first-order valence-electron chi connectivity index (χ1n) is 10.6. The summed E-state index contributed by atoms with van der Waals surface area (Å²) in [5.74, 6) is 0.564. The molecule has 6 nitrogen and oxygen atoms in total. The van der Waals surface area contributed by atoms with Crippen molar-refractivity contribution in [1.29, 1.82) is 0 Å². The van der Waals surface area contributed by atoms with Crippen molar-refractivity contribution in [3.05, 3.63) is 68.9 Å². The minimum Gasteiger partial charge on any atom is -0.325 e. The molecule has 1 unspecified atom stereocenters. The Bertz CT molecular complexity index is 1490. The number of nitrogens with zero attached hydrogens (tertiary/aromatic N) is 5. The molecule has 1 aromatic carbocycles. The fourth-order valence-corrected chi connectivity index (χ4v) is 5.84. The lowest BCUT2D eigenvalue weighted by Gasteiger charge is -2.32. The van der Waals surface area contributed by atoms with E-state index in [1.165, 1.54) is 0 Å². The molecule has 0 fully saturated rings. The Balaban J connectivity index is 1.73. The molecule has 11 heteroatoms. The number of benzene rings is 1. The monoisotopic (exact) mass is 613 g/mol. The third-order valence-corrected chi connectivity index (χ3v) is 8.28. The van der Waals surface area contributed by atoms with Gasteiger partial charge in [-0.2, -0.15) is 5.10 Å². The van der Waals surface area contributed by atoms with Gasteiger partial charge < -0.3 is 9.47 Å². The number of aromatic nitrogens is 4. The SMILES string of the molecule is Cc1cc2c(N3CCCc4cc(-c5cnn(PI)c5)c(C(F)F)cc43)nc(Cl)cc2n(C)c1=O. The highest BCUT2D eigenvalue weighted by molar-refractivity contribution is 14.2. The Morgan fingerprint density at radius 1 is 1.24 bits per heavy atom. The van der Waals surface area contributed by atoms with Gasteiger partial charge in [0.05, 0.1) is 18.1 Å². The molecule has 0 bridgehead atoms. The topological polar surface area (TPSA) is 56.0 Å². The number of aryl methyl sites for hydroxylation is 3. The van der Waals surface area contributed by atoms with Crippen LogP contribution in [-0.2, 0) is 13.5 Å². The van der Waals surface area contributed by atoms with Crippen molar-refractivity contribution in [2.24, 2.45) is 7.05 Å². The third-order valence-electron chi connectivity index (χ3n) is 6.19. The van der Waals surface area contributed by atoms with E-state index < -0.39 is 6.43 Å². The molecule has 4 heterocycles. The first kappa shape index (κ1) is 23.6. The molecule has 5 rings (SSSR count). The second-order valence-electron chi connectivity index (χ2n) is 8.28. The summed E-state index contributed by atoms with van der Waals surface area (Å²) in [4.78, 5) is 19.0. The molecule has 0 radical (unpaired) electrons. The van der Waals surface area contributed by atoms with Crippen molar-refractivity contribution in [2.45, 2.75) is 26.2 Å².